The molecule has 0 unspecified atom stereocenters. The Labute approximate surface area is 169 Å². The molecule has 1 aliphatic carbocycles. The third-order valence-corrected chi connectivity index (χ3v) is 5.82. The van der Waals surface area contributed by atoms with Crippen molar-refractivity contribution in [3.8, 4) is 0 Å². The predicted molar refractivity (Wildman–Crippen MR) is 112 cm³/mol. The van der Waals surface area contributed by atoms with Gasteiger partial charge in [0.15, 0.2) is 5.82 Å². The Kier molecular flexibility index (Phi) is 4.46. The number of pyridine rings is 2. The van der Waals surface area contributed by atoms with E-state index in [9.17, 15) is 4.79 Å². The van der Waals surface area contributed by atoms with Crippen LogP contribution in [-0.4, -0.2) is 51.5 Å². The van der Waals surface area contributed by atoms with Crippen molar-refractivity contribution in [1.29, 1.82) is 0 Å². The van der Waals surface area contributed by atoms with Crippen LogP contribution in [-0.2, 0) is 4.79 Å². The molecule has 29 heavy (non-hydrogen) atoms. The van der Waals surface area contributed by atoms with Crippen LogP contribution >= 0.6 is 0 Å². The largest absolute Gasteiger partial charge is 0.367 e. The van der Waals surface area contributed by atoms with Gasteiger partial charge >= 0.3 is 0 Å². The molecule has 8 heteroatoms. The highest BCUT2D eigenvalue weighted by atomic mass is 16.2. The van der Waals surface area contributed by atoms with Crippen LogP contribution in [0.15, 0.2) is 43.0 Å². The summed E-state index contributed by atoms with van der Waals surface area (Å²) in [5.74, 6) is 1.72. The second kappa shape index (κ2) is 7.27. The molecule has 1 N–H and O–H groups in total. The number of rotatable bonds is 3. The Balaban J connectivity index is 1.28. The van der Waals surface area contributed by atoms with Gasteiger partial charge in [-0.2, -0.15) is 0 Å². The molecule has 1 fully saturated rings. The minimum atomic E-state index is 0.110. The van der Waals surface area contributed by atoms with E-state index in [1.54, 1.807) is 12.4 Å². The first-order valence-electron chi connectivity index (χ1n) is 10.0. The minimum absolute atomic E-state index is 0.110. The molecule has 0 bridgehead atoms. The maximum absolute atomic E-state index is 12.8. The molecule has 1 aliphatic heterocycles. The number of likely N-dealkylation sites (N-methyl/N-ethyl adjacent to an activating group) is 1. The lowest BCUT2D eigenvalue weighted by molar-refractivity contribution is -0.118. The van der Waals surface area contributed by atoms with Gasteiger partial charge < -0.3 is 10.2 Å². The van der Waals surface area contributed by atoms with Gasteiger partial charge in [0.1, 0.15) is 12.1 Å². The summed E-state index contributed by atoms with van der Waals surface area (Å²) in [6.45, 7) is 0.369. The van der Waals surface area contributed by atoms with E-state index in [1.165, 1.54) is 6.33 Å². The first-order chi connectivity index (χ1) is 14.2. The van der Waals surface area contributed by atoms with Crippen molar-refractivity contribution < 1.29 is 4.79 Å². The normalized spacial score (nSPS) is 21.9. The minimum Gasteiger partial charge on any atom is -0.367 e. The molecule has 1 saturated carbocycles. The molecule has 148 valence electrons. The van der Waals surface area contributed by atoms with Crippen molar-refractivity contribution in [3.05, 3.63) is 43.0 Å². The van der Waals surface area contributed by atoms with E-state index in [4.69, 9.17) is 0 Å². The first-order valence-corrected chi connectivity index (χ1v) is 10.0. The lowest BCUT2D eigenvalue weighted by Gasteiger charge is -2.41. The fourth-order valence-corrected chi connectivity index (χ4v) is 4.35. The van der Waals surface area contributed by atoms with E-state index in [2.05, 4.69) is 25.3 Å². The van der Waals surface area contributed by atoms with Gasteiger partial charge in [0.25, 0.3) is 0 Å². The van der Waals surface area contributed by atoms with Crippen LogP contribution in [0, 0.1) is 0 Å². The van der Waals surface area contributed by atoms with Gasteiger partial charge in [-0.05, 0) is 49.9 Å². The van der Waals surface area contributed by atoms with Crippen LogP contribution in [0.2, 0.25) is 0 Å². The number of nitrogens with one attached hydrogen (secondary N) is 1. The molecule has 8 nitrogen and oxygen atoms in total. The maximum Gasteiger partial charge on any atom is 0.247 e. The third-order valence-electron chi connectivity index (χ3n) is 5.82. The summed E-state index contributed by atoms with van der Waals surface area (Å²) in [6, 6.07) is 8.38. The first kappa shape index (κ1) is 17.8. The maximum atomic E-state index is 12.8. The summed E-state index contributed by atoms with van der Waals surface area (Å²) in [5, 5.41) is 3.56. The van der Waals surface area contributed by atoms with E-state index in [1.807, 2.05) is 41.1 Å². The van der Waals surface area contributed by atoms with Gasteiger partial charge in [0, 0.05) is 25.3 Å². The van der Waals surface area contributed by atoms with Crippen molar-refractivity contribution in [2.75, 3.05) is 28.7 Å². The van der Waals surface area contributed by atoms with Gasteiger partial charge in [-0.15, -0.1) is 0 Å². The second-order valence-corrected chi connectivity index (χ2v) is 7.74. The molecule has 0 saturated heterocycles. The number of nitrogens with zero attached hydrogens (tertiary/aromatic N) is 6. The van der Waals surface area contributed by atoms with Crippen molar-refractivity contribution in [2.45, 2.75) is 37.8 Å². The summed E-state index contributed by atoms with van der Waals surface area (Å²) >= 11 is 0. The molecule has 2 aliphatic rings. The standard InChI is InChI=1S/C21H23N7O/c1-27-12-20(29)28(21-18(27)11-22-13-24-21)15-6-4-14(5-7-15)25-19-9-8-16-17(26-19)3-2-10-23-16/h2-3,8-11,13-15H,4-7,12H2,1H3,(H,25,26). The van der Waals surface area contributed by atoms with E-state index >= 15 is 0 Å². The number of amides is 1. The summed E-state index contributed by atoms with van der Waals surface area (Å²) in [5.41, 5.74) is 2.71. The molecular formula is C21H23N7O. The van der Waals surface area contributed by atoms with Gasteiger partial charge in [-0.1, -0.05) is 0 Å². The monoisotopic (exact) mass is 389 g/mol. The summed E-state index contributed by atoms with van der Waals surface area (Å²) in [7, 11) is 1.91. The van der Waals surface area contributed by atoms with Crippen LogP contribution in [0.25, 0.3) is 11.0 Å². The topological polar surface area (TPSA) is 87.1 Å². The van der Waals surface area contributed by atoms with Crippen LogP contribution in [0.3, 0.4) is 0 Å². The predicted octanol–water partition coefficient (Wildman–Crippen LogP) is 2.63. The Morgan fingerprint density at radius 2 is 1.93 bits per heavy atom. The smallest absolute Gasteiger partial charge is 0.247 e. The van der Waals surface area contributed by atoms with Crippen LogP contribution in [0.1, 0.15) is 25.7 Å². The number of aromatic nitrogens is 4. The lowest BCUT2D eigenvalue weighted by atomic mass is 9.89. The number of carbonyl (C=O) groups is 1. The summed E-state index contributed by atoms with van der Waals surface area (Å²) < 4.78 is 0. The Morgan fingerprint density at radius 3 is 2.79 bits per heavy atom. The zero-order valence-corrected chi connectivity index (χ0v) is 16.3. The Hall–Kier alpha value is -3.29. The molecule has 5 rings (SSSR count). The molecule has 0 atom stereocenters. The van der Waals surface area contributed by atoms with Crippen molar-refractivity contribution in [1.82, 2.24) is 19.9 Å². The number of carbonyl (C=O) groups excluding carboxylic acids is 1. The van der Waals surface area contributed by atoms with Crippen molar-refractivity contribution in [3.63, 3.8) is 0 Å². The molecule has 0 aromatic carbocycles. The van der Waals surface area contributed by atoms with Crippen molar-refractivity contribution >= 4 is 34.3 Å². The average Bonchev–Trinajstić information content (AvgIpc) is 2.75. The fourth-order valence-electron chi connectivity index (χ4n) is 4.35. The highest BCUT2D eigenvalue weighted by Gasteiger charge is 2.36. The molecule has 0 radical (unpaired) electrons. The van der Waals surface area contributed by atoms with Crippen LogP contribution in [0.4, 0.5) is 17.3 Å². The van der Waals surface area contributed by atoms with Crippen LogP contribution in [0.5, 0.6) is 0 Å². The number of hydrogen-bond donors (Lipinski definition) is 1. The Morgan fingerprint density at radius 1 is 1.07 bits per heavy atom. The molecule has 1 amide bonds. The van der Waals surface area contributed by atoms with Crippen molar-refractivity contribution in [2.24, 2.45) is 0 Å². The summed E-state index contributed by atoms with van der Waals surface area (Å²) in [6.07, 6.45) is 8.92. The van der Waals surface area contributed by atoms with E-state index in [-0.39, 0.29) is 11.9 Å². The second-order valence-electron chi connectivity index (χ2n) is 7.74. The highest BCUT2D eigenvalue weighted by Crippen LogP contribution is 2.35. The molecule has 3 aromatic rings. The third kappa shape index (κ3) is 3.35. The summed E-state index contributed by atoms with van der Waals surface area (Å²) in [4.78, 5) is 34.1. The fraction of sp³-hybridized carbons (Fsp3) is 0.381. The van der Waals surface area contributed by atoms with Gasteiger partial charge in [-0.3, -0.25) is 14.7 Å². The molecule has 0 spiro atoms. The zero-order valence-electron chi connectivity index (χ0n) is 16.3. The van der Waals surface area contributed by atoms with Gasteiger partial charge in [0.05, 0.1) is 29.5 Å². The van der Waals surface area contributed by atoms with Gasteiger partial charge in [0.2, 0.25) is 5.91 Å². The number of fused-ring (bicyclic) bond motifs is 2. The molecular weight excluding hydrogens is 366 g/mol. The average molecular weight is 389 g/mol. The van der Waals surface area contributed by atoms with E-state index < -0.39 is 0 Å². The van der Waals surface area contributed by atoms with Gasteiger partial charge in [-0.25, -0.2) is 15.0 Å². The Bertz CT molecular complexity index is 1050. The lowest BCUT2D eigenvalue weighted by Crippen LogP contribution is -2.51. The molecule has 3 aromatic heterocycles. The highest BCUT2D eigenvalue weighted by molar-refractivity contribution is 6.02. The molecule has 4 heterocycles. The number of anilines is 3. The SMILES string of the molecule is CN1CC(=O)N(C2CCC(Nc3ccc4ncccc4n3)CC2)c2ncncc21. The quantitative estimate of drug-likeness (QED) is 0.737. The van der Waals surface area contributed by atoms with E-state index in [0.717, 1.165) is 54.0 Å². The van der Waals surface area contributed by atoms with Crippen LogP contribution < -0.4 is 15.1 Å². The number of hydrogen-bond acceptors (Lipinski definition) is 7. The van der Waals surface area contributed by atoms with E-state index in [0.29, 0.717) is 12.6 Å². The zero-order chi connectivity index (χ0) is 19.8.